The van der Waals surface area contributed by atoms with E-state index in [1.54, 1.807) is 25.3 Å². The molecule has 0 bridgehead atoms. The number of rotatable bonds is 3. The summed E-state index contributed by atoms with van der Waals surface area (Å²) in [5, 5.41) is 29.9. The largest absolute Gasteiger partial charge is 0.497 e. The number of hydrogen-bond acceptors (Lipinski definition) is 7. The maximum absolute atomic E-state index is 10.1. The Morgan fingerprint density at radius 3 is 2.46 bits per heavy atom. The fourth-order valence-corrected chi connectivity index (χ4v) is 4.25. The lowest BCUT2D eigenvalue weighted by Gasteiger charge is -2.45. The van der Waals surface area contributed by atoms with E-state index in [2.05, 4.69) is 23.1 Å². The molecule has 0 unspecified atom stereocenters. The molecule has 0 fully saturated rings. The fraction of sp³-hybridized carbons (Fsp3) is 0.381. The molecule has 1 heterocycles. The number of ether oxygens (including phenoxy) is 2. The SMILES string of the molecule is COc1ccc(OC)c([C@@H]2[C@@H]3CN(C)CC=C3C(C#N)=C(N)C2(C#N)C#N)c1. The first-order valence-electron chi connectivity index (χ1n) is 8.81. The number of allylic oxidation sites excluding steroid dienone is 2. The van der Waals surface area contributed by atoms with Gasteiger partial charge in [0.05, 0.1) is 37.6 Å². The second kappa shape index (κ2) is 7.27. The average molecular weight is 375 g/mol. The first-order valence-corrected chi connectivity index (χ1v) is 8.81. The van der Waals surface area contributed by atoms with Crippen molar-refractivity contribution in [2.75, 3.05) is 34.4 Å². The topological polar surface area (TPSA) is 119 Å². The van der Waals surface area contributed by atoms with Gasteiger partial charge in [0.25, 0.3) is 0 Å². The van der Waals surface area contributed by atoms with Crippen molar-refractivity contribution in [3.8, 4) is 29.7 Å². The van der Waals surface area contributed by atoms with E-state index in [0.29, 0.717) is 30.2 Å². The molecule has 3 rings (SSSR count). The number of nitriles is 3. The molecule has 0 saturated carbocycles. The van der Waals surface area contributed by atoms with Crippen molar-refractivity contribution in [1.82, 2.24) is 4.90 Å². The number of fused-ring (bicyclic) bond motifs is 1. The predicted octanol–water partition coefficient (Wildman–Crippen LogP) is 2.06. The molecule has 142 valence electrons. The van der Waals surface area contributed by atoms with Crippen LogP contribution in [-0.2, 0) is 0 Å². The first kappa shape index (κ1) is 19.3. The van der Waals surface area contributed by atoms with Gasteiger partial charge in [-0.05, 0) is 30.8 Å². The van der Waals surface area contributed by atoms with Gasteiger partial charge < -0.3 is 20.1 Å². The summed E-state index contributed by atoms with van der Waals surface area (Å²) < 4.78 is 10.9. The molecule has 0 radical (unpaired) electrons. The van der Waals surface area contributed by atoms with Gasteiger partial charge in [-0.2, -0.15) is 15.8 Å². The zero-order valence-electron chi connectivity index (χ0n) is 16.1. The molecular formula is C21H21N5O2. The standard InChI is InChI=1S/C21H21N5O2/c1-26-7-6-14-16(9-22)20(25)21(11-23,12-24)19(17(14)10-26)15-8-13(27-2)4-5-18(15)28-3/h4-6,8,17,19H,7,10,25H2,1-3H3/t17-,19-/m1/s1. The quantitative estimate of drug-likeness (QED) is 0.858. The van der Waals surface area contributed by atoms with Crippen LogP contribution >= 0.6 is 0 Å². The minimum atomic E-state index is -1.69. The van der Waals surface area contributed by atoms with E-state index in [1.807, 2.05) is 13.1 Å². The van der Waals surface area contributed by atoms with Gasteiger partial charge in [0.1, 0.15) is 17.6 Å². The fourth-order valence-electron chi connectivity index (χ4n) is 4.25. The highest BCUT2D eigenvalue weighted by atomic mass is 16.5. The van der Waals surface area contributed by atoms with Crippen LogP contribution in [0.3, 0.4) is 0 Å². The maximum Gasteiger partial charge on any atom is 0.191 e. The molecule has 0 amide bonds. The lowest BCUT2D eigenvalue weighted by atomic mass is 9.58. The van der Waals surface area contributed by atoms with Gasteiger partial charge in [0.15, 0.2) is 5.41 Å². The summed E-state index contributed by atoms with van der Waals surface area (Å²) in [7, 11) is 5.05. The Morgan fingerprint density at radius 1 is 1.18 bits per heavy atom. The third-order valence-electron chi connectivity index (χ3n) is 5.62. The van der Waals surface area contributed by atoms with Crippen LogP contribution in [0.5, 0.6) is 11.5 Å². The molecule has 0 saturated heterocycles. The summed E-state index contributed by atoms with van der Waals surface area (Å²) in [5.74, 6) is 0.255. The molecular weight excluding hydrogens is 354 g/mol. The highest BCUT2D eigenvalue weighted by Gasteiger charge is 2.55. The zero-order chi connectivity index (χ0) is 20.5. The van der Waals surface area contributed by atoms with Gasteiger partial charge in [0.2, 0.25) is 0 Å². The van der Waals surface area contributed by atoms with Gasteiger partial charge in [0, 0.05) is 30.5 Å². The van der Waals surface area contributed by atoms with Crippen molar-refractivity contribution in [2.24, 2.45) is 17.1 Å². The lowest BCUT2D eigenvalue weighted by molar-refractivity contribution is 0.234. The number of methoxy groups -OCH3 is 2. The highest BCUT2D eigenvalue weighted by molar-refractivity contribution is 5.61. The molecule has 1 aliphatic heterocycles. The van der Waals surface area contributed by atoms with Crippen molar-refractivity contribution in [3.63, 3.8) is 0 Å². The highest BCUT2D eigenvalue weighted by Crippen LogP contribution is 2.56. The second-order valence-electron chi connectivity index (χ2n) is 7.00. The number of benzene rings is 1. The second-order valence-corrected chi connectivity index (χ2v) is 7.00. The van der Waals surface area contributed by atoms with E-state index in [9.17, 15) is 15.8 Å². The van der Waals surface area contributed by atoms with Gasteiger partial charge in [-0.1, -0.05) is 6.08 Å². The lowest BCUT2D eigenvalue weighted by Crippen LogP contribution is -2.47. The Morgan fingerprint density at radius 2 is 1.89 bits per heavy atom. The van der Waals surface area contributed by atoms with E-state index in [4.69, 9.17) is 15.2 Å². The maximum atomic E-state index is 10.1. The number of hydrogen-bond donors (Lipinski definition) is 1. The Labute approximate surface area is 164 Å². The van der Waals surface area contributed by atoms with E-state index >= 15 is 0 Å². The summed E-state index contributed by atoms with van der Waals surface area (Å²) in [6.45, 7) is 1.25. The smallest absolute Gasteiger partial charge is 0.191 e. The third kappa shape index (κ3) is 2.67. The summed E-state index contributed by atoms with van der Waals surface area (Å²) >= 11 is 0. The Kier molecular flexibility index (Phi) is 5.01. The zero-order valence-corrected chi connectivity index (χ0v) is 16.1. The normalized spacial score (nSPS) is 23.5. The Bertz CT molecular complexity index is 976. The molecule has 1 aliphatic carbocycles. The Hall–Kier alpha value is -3.47. The molecule has 0 aromatic heterocycles. The van der Waals surface area contributed by atoms with Gasteiger partial charge in [-0.3, -0.25) is 0 Å². The van der Waals surface area contributed by atoms with E-state index < -0.39 is 11.3 Å². The summed E-state index contributed by atoms with van der Waals surface area (Å²) in [4.78, 5) is 2.09. The third-order valence-corrected chi connectivity index (χ3v) is 5.62. The van der Waals surface area contributed by atoms with Crippen LogP contribution in [0.25, 0.3) is 0 Å². The molecule has 2 atom stereocenters. The van der Waals surface area contributed by atoms with Gasteiger partial charge in [-0.15, -0.1) is 0 Å². The van der Waals surface area contributed by atoms with Crippen LogP contribution in [-0.4, -0.2) is 39.3 Å². The van der Waals surface area contributed by atoms with Crippen molar-refractivity contribution in [3.05, 3.63) is 46.7 Å². The molecule has 1 aromatic rings. The Balaban J connectivity index is 2.38. The number of nitrogens with two attached hydrogens (primary N) is 1. The van der Waals surface area contributed by atoms with Crippen molar-refractivity contribution in [2.45, 2.75) is 5.92 Å². The van der Waals surface area contributed by atoms with Crippen molar-refractivity contribution >= 4 is 0 Å². The van der Waals surface area contributed by atoms with Crippen LogP contribution < -0.4 is 15.2 Å². The van der Waals surface area contributed by atoms with Crippen LogP contribution in [0.1, 0.15) is 11.5 Å². The predicted molar refractivity (Wildman–Crippen MR) is 102 cm³/mol. The molecule has 0 spiro atoms. The van der Waals surface area contributed by atoms with Gasteiger partial charge >= 0.3 is 0 Å². The van der Waals surface area contributed by atoms with Crippen LogP contribution in [0.15, 0.2) is 41.1 Å². The van der Waals surface area contributed by atoms with Crippen LogP contribution in [0.4, 0.5) is 0 Å². The van der Waals surface area contributed by atoms with Gasteiger partial charge in [-0.25, -0.2) is 0 Å². The minimum Gasteiger partial charge on any atom is -0.497 e. The molecule has 7 nitrogen and oxygen atoms in total. The summed E-state index contributed by atoms with van der Waals surface area (Å²) in [6, 6.07) is 11.7. The van der Waals surface area contributed by atoms with E-state index in [0.717, 1.165) is 5.57 Å². The monoisotopic (exact) mass is 375 g/mol. The first-order chi connectivity index (χ1) is 13.5. The minimum absolute atomic E-state index is 0.00178. The average Bonchev–Trinajstić information content (AvgIpc) is 2.72. The van der Waals surface area contributed by atoms with E-state index in [-0.39, 0.29) is 17.2 Å². The van der Waals surface area contributed by atoms with Crippen molar-refractivity contribution in [1.29, 1.82) is 15.8 Å². The molecule has 1 aromatic carbocycles. The number of nitrogens with zero attached hydrogens (tertiary/aromatic N) is 4. The molecule has 28 heavy (non-hydrogen) atoms. The molecule has 2 N–H and O–H groups in total. The summed E-state index contributed by atoms with van der Waals surface area (Å²) in [5.41, 5.74) is 6.30. The summed E-state index contributed by atoms with van der Waals surface area (Å²) in [6.07, 6.45) is 1.96. The van der Waals surface area contributed by atoms with Crippen molar-refractivity contribution < 1.29 is 9.47 Å². The molecule has 7 heteroatoms. The van der Waals surface area contributed by atoms with Crippen LogP contribution in [0, 0.1) is 45.3 Å². The van der Waals surface area contributed by atoms with Crippen LogP contribution in [0.2, 0.25) is 0 Å². The number of likely N-dealkylation sites (N-methyl/N-ethyl adjacent to an activating group) is 1. The molecule has 2 aliphatic rings. The van der Waals surface area contributed by atoms with E-state index in [1.165, 1.54) is 7.11 Å².